The summed E-state index contributed by atoms with van der Waals surface area (Å²) in [7, 11) is 0. The first-order chi connectivity index (χ1) is 7.65. The third-order valence-corrected chi connectivity index (χ3v) is 2.88. The number of hydrogen-bond acceptors (Lipinski definition) is 4. The predicted octanol–water partition coefficient (Wildman–Crippen LogP) is 3.38. The van der Waals surface area contributed by atoms with Crippen LogP contribution >= 0.6 is 31.9 Å². The number of halogens is 2. The van der Waals surface area contributed by atoms with Crippen LogP contribution in [0.15, 0.2) is 39.3 Å². The molecule has 0 aliphatic rings. The smallest absolute Gasteiger partial charge is 0.239 e. The summed E-state index contributed by atoms with van der Waals surface area (Å²) >= 11 is 6.75. The second kappa shape index (κ2) is 4.80. The van der Waals surface area contributed by atoms with Crippen molar-refractivity contribution in [2.45, 2.75) is 0 Å². The van der Waals surface area contributed by atoms with Crippen molar-refractivity contribution in [3.8, 4) is 11.6 Å². The molecule has 0 saturated carbocycles. The Labute approximate surface area is 109 Å². The van der Waals surface area contributed by atoms with E-state index in [1.807, 2.05) is 18.2 Å². The molecule has 0 spiro atoms. The van der Waals surface area contributed by atoms with Gasteiger partial charge in [-0.3, -0.25) is 0 Å². The number of nitrogen functional groups attached to an aromatic ring is 1. The molecule has 0 atom stereocenters. The molecular weight excluding hydrogens is 338 g/mol. The normalized spacial score (nSPS) is 10.1. The van der Waals surface area contributed by atoms with Gasteiger partial charge in [0, 0.05) is 10.5 Å². The van der Waals surface area contributed by atoms with Gasteiger partial charge in [0.2, 0.25) is 5.88 Å². The standard InChI is InChI=1S/C10H7Br2N3O/c11-6-1-2-8(7(12)5-6)16-10-4-3-9(13)14-15-10/h1-5H,(H2,13,14). The van der Waals surface area contributed by atoms with Crippen molar-refractivity contribution >= 4 is 37.7 Å². The Morgan fingerprint density at radius 3 is 2.50 bits per heavy atom. The third kappa shape index (κ3) is 2.70. The summed E-state index contributed by atoms with van der Waals surface area (Å²) in [6, 6.07) is 8.89. The molecule has 0 saturated heterocycles. The highest BCUT2D eigenvalue weighted by Crippen LogP contribution is 2.31. The lowest BCUT2D eigenvalue weighted by Gasteiger charge is -2.06. The number of anilines is 1. The molecule has 0 aliphatic heterocycles. The summed E-state index contributed by atoms with van der Waals surface area (Å²) < 4.78 is 7.32. The maximum absolute atomic E-state index is 5.52. The van der Waals surface area contributed by atoms with Gasteiger partial charge in [-0.1, -0.05) is 15.9 Å². The molecule has 16 heavy (non-hydrogen) atoms. The van der Waals surface area contributed by atoms with E-state index in [-0.39, 0.29) is 0 Å². The lowest BCUT2D eigenvalue weighted by atomic mass is 10.3. The van der Waals surface area contributed by atoms with Crippen LogP contribution in [0.3, 0.4) is 0 Å². The molecule has 2 rings (SSSR count). The Morgan fingerprint density at radius 2 is 1.88 bits per heavy atom. The molecule has 0 radical (unpaired) electrons. The van der Waals surface area contributed by atoms with Gasteiger partial charge >= 0.3 is 0 Å². The predicted molar refractivity (Wildman–Crippen MR) is 68.4 cm³/mol. The topological polar surface area (TPSA) is 61.0 Å². The van der Waals surface area contributed by atoms with Crippen molar-refractivity contribution in [1.82, 2.24) is 10.2 Å². The molecule has 0 bridgehead atoms. The molecule has 0 unspecified atom stereocenters. The van der Waals surface area contributed by atoms with Gasteiger partial charge in [-0.05, 0) is 40.2 Å². The van der Waals surface area contributed by atoms with Gasteiger partial charge in [0.05, 0.1) is 4.47 Å². The highest BCUT2D eigenvalue weighted by Gasteiger charge is 2.04. The molecule has 0 aliphatic carbocycles. The van der Waals surface area contributed by atoms with E-state index in [1.54, 1.807) is 12.1 Å². The molecule has 0 amide bonds. The Hall–Kier alpha value is -1.14. The minimum absolute atomic E-state index is 0.363. The number of benzene rings is 1. The zero-order chi connectivity index (χ0) is 11.5. The van der Waals surface area contributed by atoms with Gasteiger partial charge in [-0.15, -0.1) is 10.2 Å². The van der Waals surface area contributed by atoms with E-state index in [2.05, 4.69) is 42.1 Å². The van der Waals surface area contributed by atoms with E-state index in [0.717, 1.165) is 8.95 Å². The zero-order valence-corrected chi connectivity index (χ0v) is 11.2. The highest BCUT2D eigenvalue weighted by molar-refractivity contribution is 9.11. The lowest BCUT2D eigenvalue weighted by Crippen LogP contribution is -1.95. The van der Waals surface area contributed by atoms with Crippen molar-refractivity contribution in [2.24, 2.45) is 0 Å². The molecule has 2 N–H and O–H groups in total. The van der Waals surface area contributed by atoms with Gasteiger partial charge in [0.15, 0.2) is 0 Å². The zero-order valence-electron chi connectivity index (χ0n) is 8.02. The first-order valence-corrected chi connectivity index (χ1v) is 5.96. The Morgan fingerprint density at radius 1 is 1.06 bits per heavy atom. The van der Waals surface area contributed by atoms with Gasteiger partial charge in [0.25, 0.3) is 0 Å². The van der Waals surface area contributed by atoms with Crippen molar-refractivity contribution < 1.29 is 4.74 Å². The average molecular weight is 345 g/mol. The number of nitrogens with zero attached hydrogens (tertiary/aromatic N) is 2. The molecule has 6 heteroatoms. The van der Waals surface area contributed by atoms with Crippen LogP contribution in [0, 0.1) is 0 Å². The number of aromatic nitrogens is 2. The van der Waals surface area contributed by atoms with Crippen molar-refractivity contribution in [1.29, 1.82) is 0 Å². The van der Waals surface area contributed by atoms with Crippen LogP contribution in [-0.2, 0) is 0 Å². The Balaban J connectivity index is 2.23. The van der Waals surface area contributed by atoms with E-state index < -0.39 is 0 Å². The van der Waals surface area contributed by atoms with Crippen LogP contribution < -0.4 is 10.5 Å². The quantitative estimate of drug-likeness (QED) is 0.907. The van der Waals surface area contributed by atoms with E-state index >= 15 is 0 Å². The second-order valence-electron chi connectivity index (χ2n) is 2.97. The van der Waals surface area contributed by atoms with E-state index in [9.17, 15) is 0 Å². The fourth-order valence-corrected chi connectivity index (χ4v) is 2.18. The first-order valence-electron chi connectivity index (χ1n) is 4.37. The van der Waals surface area contributed by atoms with Gasteiger partial charge in [0.1, 0.15) is 11.6 Å². The summed E-state index contributed by atoms with van der Waals surface area (Å²) in [5.74, 6) is 1.43. The fraction of sp³-hybridized carbons (Fsp3) is 0. The summed E-state index contributed by atoms with van der Waals surface area (Å²) in [6.07, 6.45) is 0. The monoisotopic (exact) mass is 343 g/mol. The molecule has 2 aromatic rings. The third-order valence-electron chi connectivity index (χ3n) is 1.77. The molecule has 1 heterocycles. The maximum atomic E-state index is 5.52. The minimum Gasteiger partial charge on any atom is -0.436 e. The highest BCUT2D eigenvalue weighted by atomic mass is 79.9. The van der Waals surface area contributed by atoms with Gasteiger partial charge < -0.3 is 10.5 Å². The summed E-state index contributed by atoms with van der Waals surface area (Å²) in [5.41, 5.74) is 5.43. The fourth-order valence-electron chi connectivity index (χ4n) is 1.06. The molecule has 0 fully saturated rings. The summed E-state index contributed by atoms with van der Waals surface area (Å²) in [4.78, 5) is 0. The summed E-state index contributed by atoms with van der Waals surface area (Å²) in [6.45, 7) is 0. The van der Waals surface area contributed by atoms with Crippen LogP contribution in [0.2, 0.25) is 0 Å². The van der Waals surface area contributed by atoms with Crippen LogP contribution in [0.1, 0.15) is 0 Å². The van der Waals surface area contributed by atoms with Crippen LogP contribution in [0.25, 0.3) is 0 Å². The van der Waals surface area contributed by atoms with E-state index in [1.165, 1.54) is 0 Å². The second-order valence-corrected chi connectivity index (χ2v) is 4.74. The van der Waals surface area contributed by atoms with Crippen LogP contribution in [0.4, 0.5) is 5.82 Å². The number of nitrogens with two attached hydrogens (primary N) is 1. The first kappa shape index (κ1) is 11.3. The molecule has 1 aromatic heterocycles. The average Bonchev–Trinajstić information content (AvgIpc) is 2.25. The van der Waals surface area contributed by atoms with E-state index in [4.69, 9.17) is 10.5 Å². The Kier molecular flexibility index (Phi) is 3.40. The van der Waals surface area contributed by atoms with Crippen molar-refractivity contribution in [3.63, 3.8) is 0 Å². The SMILES string of the molecule is Nc1ccc(Oc2ccc(Br)cc2Br)nn1. The number of hydrogen-bond donors (Lipinski definition) is 1. The van der Waals surface area contributed by atoms with Crippen molar-refractivity contribution in [3.05, 3.63) is 39.3 Å². The largest absolute Gasteiger partial charge is 0.436 e. The van der Waals surface area contributed by atoms with Gasteiger partial charge in [-0.2, -0.15) is 0 Å². The van der Waals surface area contributed by atoms with Gasteiger partial charge in [-0.25, -0.2) is 0 Å². The molecule has 82 valence electrons. The van der Waals surface area contributed by atoms with E-state index in [0.29, 0.717) is 17.4 Å². The molecular formula is C10H7Br2N3O. The lowest BCUT2D eigenvalue weighted by molar-refractivity contribution is 0.453. The number of ether oxygens (including phenoxy) is 1. The van der Waals surface area contributed by atoms with Crippen LogP contribution in [-0.4, -0.2) is 10.2 Å². The molecule has 4 nitrogen and oxygen atoms in total. The Bertz CT molecular complexity index is 502. The minimum atomic E-state index is 0.363. The summed E-state index contributed by atoms with van der Waals surface area (Å²) in [5, 5.41) is 7.51. The number of rotatable bonds is 2. The molecule has 1 aromatic carbocycles. The maximum Gasteiger partial charge on any atom is 0.239 e. The van der Waals surface area contributed by atoms with Crippen LogP contribution in [0.5, 0.6) is 11.6 Å². The van der Waals surface area contributed by atoms with Crippen molar-refractivity contribution in [2.75, 3.05) is 5.73 Å².